The molecule has 3 amide bonds. The van der Waals surface area contributed by atoms with Gasteiger partial charge in [-0.25, -0.2) is 0 Å². The van der Waals surface area contributed by atoms with E-state index in [9.17, 15) is 14.4 Å². The van der Waals surface area contributed by atoms with Crippen molar-refractivity contribution in [3.05, 3.63) is 44.6 Å². The lowest BCUT2D eigenvalue weighted by Crippen LogP contribution is -2.46. The highest BCUT2D eigenvalue weighted by molar-refractivity contribution is 9.11. The SMILES string of the molecule is CCOc1ccc(C(=O)NNC(=O)CN(C)C(=O)c2ccc(Br)s2)cc1OC. The fourth-order valence-electron chi connectivity index (χ4n) is 2.23. The number of hydrazine groups is 1. The molecule has 0 aliphatic rings. The van der Waals surface area contributed by atoms with Crippen LogP contribution in [0.4, 0.5) is 0 Å². The van der Waals surface area contributed by atoms with Gasteiger partial charge in [-0.1, -0.05) is 0 Å². The van der Waals surface area contributed by atoms with Crippen molar-refractivity contribution in [1.29, 1.82) is 0 Å². The van der Waals surface area contributed by atoms with Crippen LogP contribution in [0.3, 0.4) is 0 Å². The summed E-state index contributed by atoms with van der Waals surface area (Å²) in [6.45, 7) is 2.10. The number of amides is 3. The fraction of sp³-hybridized carbons (Fsp3) is 0.278. The van der Waals surface area contributed by atoms with Gasteiger partial charge in [0.25, 0.3) is 17.7 Å². The molecule has 0 saturated heterocycles. The predicted octanol–water partition coefficient (Wildman–Crippen LogP) is 2.45. The number of thiophene rings is 1. The van der Waals surface area contributed by atoms with Crippen LogP contribution in [0.2, 0.25) is 0 Å². The van der Waals surface area contributed by atoms with Crippen molar-refractivity contribution < 1.29 is 23.9 Å². The molecule has 0 unspecified atom stereocenters. The van der Waals surface area contributed by atoms with Crippen LogP contribution < -0.4 is 20.3 Å². The minimum atomic E-state index is -0.530. The second kappa shape index (κ2) is 10.1. The predicted molar refractivity (Wildman–Crippen MR) is 109 cm³/mol. The Labute approximate surface area is 174 Å². The van der Waals surface area contributed by atoms with Crippen LogP contribution in [0.5, 0.6) is 11.5 Å². The molecule has 8 nitrogen and oxygen atoms in total. The van der Waals surface area contributed by atoms with Gasteiger partial charge in [0.05, 0.1) is 22.4 Å². The molecule has 1 aromatic carbocycles. The number of likely N-dealkylation sites (N-methyl/N-ethyl adjacent to an activating group) is 1. The fourth-order valence-corrected chi connectivity index (χ4v) is 3.61. The van der Waals surface area contributed by atoms with Crippen molar-refractivity contribution in [1.82, 2.24) is 15.8 Å². The lowest BCUT2D eigenvalue weighted by atomic mass is 10.2. The molecule has 0 fully saturated rings. The summed E-state index contributed by atoms with van der Waals surface area (Å²) in [5, 5.41) is 0. The maximum atomic E-state index is 12.2. The van der Waals surface area contributed by atoms with Crippen LogP contribution in [-0.4, -0.2) is 49.9 Å². The van der Waals surface area contributed by atoms with Gasteiger partial charge in [-0.3, -0.25) is 25.2 Å². The summed E-state index contributed by atoms with van der Waals surface area (Å²) in [5.41, 5.74) is 4.89. The van der Waals surface area contributed by atoms with Crippen molar-refractivity contribution in [3.8, 4) is 11.5 Å². The Morgan fingerprint density at radius 2 is 1.89 bits per heavy atom. The van der Waals surface area contributed by atoms with E-state index < -0.39 is 11.8 Å². The topological polar surface area (TPSA) is 97.0 Å². The zero-order valence-electron chi connectivity index (χ0n) is 15.6. The van der Waals surface area contributed by atoms with Crippen molar-refractivity contribution >= 4 is 45.0 Å². The molecule has 0 atom stereocenters. The summed E-state index contributed by atoms with van der Waals surface area (Å²) >= 11 is 4.57. The second-order valence-corrected chi connectivity index (χ2v) is 8.03. The van der Waals surface area contributed by atoms with Gasteiger partial charge in [0.1, 0.15) is 6.54 Å². The molecule has 0 spiro atoms. The van der Waals surface area contributed by atoms with Gasteiger partial charge in [-0.05, 0) is 53.2 Å². The second-order valence-electron chi connectivity index (χ2n) is 5.57. The Morgan fingerprint density at radius 1 is 1.14 bits per heavy atom. The summed E-state index contributed by atoms with van der Waals surface area (Å²) in [4.78, 5) is 38.2. The number of nitrogens with one attached hydrogen (secondary N) is 2. The average Bonchev–Trinajstić information content (AvgIpc) is 3.12. The molecule has 2 rings (SSSR count). The van der Waals surface area contributed by atoms with E-state index in [1.54, 1.807) is 24.3 Å². The Morgan fingerprint density at radius 3 is 2.50 bits per heavy atom. The molecule has 10 heteroatoms. The molecular weight excluding hydrogens is 450 g/mol. The number of nitrogens with zero attached hydrogens (tertiary/aromatic N) is 1. The molecule has 1 heterocycles. The third-order valence-electron chi connectivity index (χ3n) is 3.55. The lowest BCUT2D eigenvalue weighted by Gasteiger charge is -2.16. The van der Waals surface area contributed by atoms with Crippen LogP contribution >= 0.6 is 27.3 Å². The summed E-state index contributed by atoms with van der Waals surface area (Å²) in [6.07, 6.45) is 0. The number of carbonyl (C=O) groups is 3. The average molecular weight is 470 g/mol. The first-order chi connectivity index (χ1) is 13.3. The first kappa shape index (κ1) is 21.7. The Bertz CT molecular complexity index is 871. The first-order valence-electron chi connectivity index (χ1n) is 8.26. The van der Waals surface area contributed by atoms with Crippen LogP contribution in [-0.2, 0) is 4.79 Å². The number of ether oxygens (including phenoxy) is 2. The van der Waals surface area contributed by atoms with E-state index in [0.29, 0.717) is 23.0 Å². The quantitative estimate of drug-likeness (QED) is 0.607. The highest BCUT2D eigenvalue weighted by atomic mass is 79.9. The number of rotatable bonds is 7. The number of benzene rings is 1. The van der Waals surface area contributed by atoms with Crippen LogP contribution in [0.15, 0.2) is 34.1 Å². The molecule has 0 saturated carbocycles. The maximum Gasteiger partial charge on any atom is 0.269 e. The standard InChI is InChI=1S/C18H20BrN3O5S/c1-4-27-12-6-5-11(9-13(12)26-3)17(24)21-20-16(23)10-22(2)18(25)14-7-8-15(19)28-14/h5-9H,4,10H2,1-3H3,(H,20,23)(H,21,24). The summed E-state index contributed by atoms with van der Waals surface area (Å²) < 4.78 is 11.4. The van der Waals surface area contributed by atoms with Crippen molar-refractivity contribution in [3.63, 3.8) is 0 Å². The Balaban J connectivity index is 1.89. The number of halogens is 1. The van der Waals surface area contributed by atoms with Crippen LogP contribution in [0, 0.1) is 0 Å². The number of methoxy groups -OCH3 is 1. The van der Waals surface area contributed by atoms with E-state index in [1.165, 1.54) is 36.5 Å². The third kappa shape index (κ3) is 5.70. The van der Waals surface area contributed by atoms with E-state index >= 15 is 0 Å². The summed E-state index contributed by atoms with van der Waals surface area (Å²) in [7, 11) is 2.98. The molecule has 1 aromatic heterocycles. The van der Waals surface area contributed by atoms with E-state index in [0.717, 1.165) is 3.79 Å². The maximum absolute atomic E-state index is 12.2. The van der Waals surface area contributed by atoms with Crippen LogP contribution in [0.25, 0.3) is 0 Å². The van der Waals surface area contributed by atoms with Crippen molar-refractivity contribution in [2.24, 2.45) is 0 Å². The van der Waals surface area contributed by atoms with Crippen molar-refractivity contribution in [2.75, 3.05) is 27.3 Å². The monoisotopic (exact) mass is 469 g/mol. The number of carbonyl (C=O) groups excluding carboxylic acids is 3. The summed E-state index contributed by atoms with van der Waals surface area (Å²) in [6, 6.07) is 8.12. The van der Waals surface area contributed by atoms with E-state index in [2.05, 4.69) is 26.8 Å². The van der Waals surface area contributed by atoms with Gasteiger partial charge in [0, 0.05) is 12.6 Å². The number of hydrogen-bond acceptors (Lipinski definition) is 6. The van der Waals surface area contributed by atoms with Crippen LogP contribution in [0.1, 0.15) is 27.0 Å². The molecule has 0 radical (unpaired) electrons. The minimum Gasteiger partial charge on any atom is -0.493 e. The molecular formula is C18H20BrN3O5S. The Kier molecular flexibility index (Phi) is 7.82. The van der Waals surface area contributed by atoms with E-state index in [4.69, 9.17) is 9.47 Å². The largest absolute Gasteiger partial charge is 0.493 e. The molecule has 2 N–H and O–H groups in total. The number of hydrogen-bond donors (Lipinski definition) is 2. The zero-order valence-corrected chi connectivity index (χ0v) is 18.0. The molecule has 0 bridgehead atoms. The van der Waals surface area contributed by atoms with Crippen molar-refractivity contribution in [2.45, 2.75) is 6.92 Å². The summed E-state index contributed by atoms with van der Waals surface area (Å²) in [5.74, 6) is -0.406. The highest BCUT2D eigenvalue weighted by Crippen LogP contribution is 2.28. The van der Waals surface area contributed by atoms with E-state index in [1.807, 2.05) is 6.92 Å². The molecule has 150 valence electrons. The van der Waals surface area contributed by atoms with Gasteiger partial charge in [0.2, 0.25) is 0 Å². The Hall–Kier alpha value is -2.59. The highest BCUT2D eigenvalue weighted by Gasteiger charge is 2.17. The normalized spacial score (nSPS) is 10.1. The molecule has 28 heavy (non-hydrogen) atoms. The van der Waals surface area contributed by atoms with E-state index in [-0.39, 0.29) is 18.0 Å². The molecule has 0 aliphatic carbocycles. The van der Waals surface area contributed by atoms with Gasteiger partial charge in [-0.2, -0.15) is 0 Å². The molecule has 0 aliphatic heterocycles. The van der Waals surface area contributed by atoms with Gasteiger partial charge < -0.3 is 14.4 Å². The smallest absolute Gasteiger partial charge is 0.269 e. The van der Waals surface area contributed by atoms with Gasteiger partial charge in [-0.15, -0.1) is 11.3 Å². The minimum absolute atomic E-state index is 0.207. The zero-order chi connectivity index (χ0) is 20.7. The van der Waals surface area contributed by atoms with Gasteiger partial charge >= 0.3 is 0 Å². The van der Waals surface area contributed by atoms with Gasteiger partial charge in [0.15, 0.2) is 11.5 Å². The lowest BCUT2D eigenvalue weighted by molar-refractivity contribution is -0.122. The first-order valence-corrected chi connectivity index (χ1v) is 9.87. The molecule has 2 aromatic rings. The third-order valence-corrected chi connectivity index (χ3v) is 5.16.